The van der Waals surface area contributed by atoms with Gasteiger partial charge in [-0.05, 0) is 44.3 Å². The van der Waals surface area contributed by atoms with Crippen molar-refractivity contribution in [1.29, 1.82) is 0 Å². The smallest absolute Gasteiger partial charge is 0.309 e. The summed E-state index contributed by atoms with van der Waals surface area (Å²) in [5, 5.41) is 24.7. The van der Waals surface area contributed by atoms with E-state index in [-0.39, 0.29) is 30.2 Å². The fourth-order valence-corrected chi connectivity index (χ4v) is 7.63. The zero-order valence-corrected chi connectivity index (χ0v) is 26.5. The summed E-state index contributed by atoms with van der Waals surface area (Å²) >= 11 is 1.50. The van der Waals surface area contributed by atoms with Crippen LogP contribution in [0.5, 0.6) is 0 Å². The van der Waals surface area contributed by atoms with Gasteiger partial charge in [0.15, 0.2) is 0 Å². The Bertz CT molecular complexity index is 1210. The number of hydrogen-bond acceptors (Lipinski definition) is 9. The number of aliphatic hydroxyl groups excluding tert-OH is 2. The first-order valence-corrected chi connectivity index (χ1v) is 16.2. The normalized spacial score (nSPS) is 34.8. The zero-order chi connectivity index (χ0) is 30.2. The first-order chi connectivity index (χ1) is 18.5. The molecule has 3 unspecified atom stereocenters. The Hall–Kier alpha value is -1.70. The highest BCUT2D eigenvalue weighted by Gasteiger charge is 2.56. The zero-order valence-electron chi connectivity index (χ0n) is 24.8. The van der Waals surface area contributed by atoms with Crippen LogP contribution >= 0.6 is 11.3 Å². The molecule has 1 aromatic heterocycles. The van der Waals surface area contributed by atoms with E-state index < -0.39 is 52.2 Å². The number of nitrogens with zero attached hydrogens (tertiary/aromatic N) is 3. The largest absolute Gasteiger partial charge is 0.458 e. The number of thiazole rings is 1. The number of rotatable bonds is 4. The molecule has 2 aliphatic heterocycles. The van der Waals surface area contributed by atoms with Crippen LogP contribution in [0.1, 0.15) is 77.4 Å². The second-order valence-corrected chi connectivity index (χ2v) is 15.3. The molecular formula is C28H45N3O7S2. The van der Waals surface area contributed by atoms with Gasteiger partial charge >= 0.3 is 5.97 Å². The molecule has 10 nitrogen and oxygen atoms in total. The number of aliphatic hydroxyl groups is 2. The van der Waals surface area contributed by atoms with E-state index in [1.54, 1.807) is 20.8 Å². The summed E-state index contributed by atoms with van der Waals surface area (Å²) in [6.45, 7) is 10.4. The standard InChI is InChI=1S/C28H45N3O7S2/c1-16-10-9-11-21-22(31(21)40(36,37)30(7)8)13-23(17(2)12-20-15-39-19(4)29-20)38-25(33)14-24(32)28(5,6)27(35)18(3)26(16)34/h12,15-16,18,21-24,26,32,34H,9-11,13-14H2,1-8H3/t16-,18+,21+,22?,23?,24-,26-,31?/m0/s1. The number of fused-ring (bicyclic) bond motifs is 1. The van der Waals surface area contributed by atoms with Crippen molar-refractivity contribution >= 4 is 39.4 Å². The van der Waals surface area contributed by atoms with Gasteiger partial charge in [-0.25, -0.2) is 4.98 Å². The van der Waals surface area contributed by atoms with Crippen LogP contribution in [0.15, 0.2) is 11.0 Å². The van der Waals surface area contributed by atoms with E-state index in [2.05, 4.69) is 4.98 Å². The van der Waals surface area contributed by atoms with Gasteiger partial charge in [-0.1, -0.05) is 34.1 Å². The van der Waals surface area contributed by atoms with Gasteiger partial charge in [-0.3, -0.25) is 9.59 Å². The molecule has 2 fully saturated rings. The van der Waals surface area contributed by atoms with Gasteiger partial charge in [0.25, 0.3) is 10.2 Å². The summed E-state index contributed by atoms with van der Waals surface area (Å²) in [5.74, 6) is -1.97. The van der Waals surface area contributed by atoms with Gasteiger partial charge in [0.05, 0.1) is 34.7 Å². The van der Waals surface area contributed by atoms with Crippen molar-refractivity contribution in [1.82, 2.24) is 13.6 Å². The number of carbonyl (C=O) groups excluding carboxylic acids is 2. The third kappa shape index (κ3) is 7.19. The Kier molecular flexibility index (Phi) is 10.4. The van der Waals surface area contributed by atoms with Crippen LogP contribution in [0.2, 0.25) is 0 Å². The fraction of sp³-hybridized carbons (Fsp3) is 0.750. The minimum Gasteiger partial charge on any atom is -0.458 e. The molecule has 8 atom stereocenters. The molecule has 0 bridgehead atoms. The van der Waals surface area contributed by atoms with E-state index in [9.17, 15) is 28.2 Å². The number of aromatic nitrogens is 1. The second kappa shape index (κ2) is 12.7. The third-order valence-corrected chi connectivity index (χ3v) is 11.3. The van der Waals surface area contributed by atoms with Gasteiger partial charge in [0.1, 0.15) is 11.9 Å². The minimum atomic E-state index is -3.71. The molecule has 12 heteroatoms. The quantitative estimate of drug-likeness (QED) is 0.398. The Morgan fingerprint density at radius 3 is 2.42 bits per heavy atom. The summed E-state index contributed by atoms with van der Waals surface area (Å²) in [5.41, 5.74) is 0.150. The molecule has 2 saturated heterocycles. The molecule has 2 aliphatic rings. The number of cyclic esters (lactones) is 1. The molecule has 1 aromatic rings. The maximum Gasteiger partial charge on any atom is 0.309 e. The topological polar surface area (TPSA) is 137 Å². The van der Waals surface area contributed by atoms with Crippen molar-refractivity contribution in [2.75, 3.05) is 14.1 Å². The lowest BCUT2D eigenvalue weighted by atomic mass is 9.73. The van der Waals surface area contributed by atoms with Gasteiger partial charge in [0, 0.05) is 43.9 Å². The predicted molar refractivity (Wildman–Crippen MR) is 155 cm³/mol. The van der Waals surface area contributed by atoms with Crippen LogP contribution in [0.25, 0.3) is 6.08 Å². The van der Waals surface area contributed by atoms with E-state index in [0.717, 1.165) is 10.7 Å². The molecule has 0 radical (unpaired) electrons. The highest BCUT2D eigenvalue weighted by atomic mass is 32.2. The Morgan fingerprint density at radius 2 is 1.85 bits per heavy atom. The first-order valence-electron chi connectivity index (χ1n) is 13.9. The molecule has 3 rings (SSSR count). The van der Waals surface area contributed by atoms with Gasteiger partial charge in [-0.2, -0.15) is 17.0 Å². The minimum absolute atomic E-state index is 0.208. The van der Waals surface area contributed by atoms with E-state index in [0.29, 0.717) is 24.8 Å². The van der Waals surface area contributed by atoms with E-state index >= 15 is 0 Å². The molecule has 0 aliphatic carbocycles. The van der Waals surface area contributed by atoms with Gasteiger partial charge in [0.2, 0.25) is 0 Å². The molecule has 226 valence electrons. The number of ether oxygens (including phenoxy) is 1. The van der Waals surface area contributed by atoms with Crippen LogP contribution in [-0.4, -0.2) is 88.5 Å². The molecule has 3 heterocycles. The summed E-state index contributed by atoms with van der Waals surface area (Å²) < 4.78 is 34.8. The van der Waals surface area contributed by atoms with Crippen LogP contribution in [0.3, 0.4) is 0 Å². The van der Waals surface area contributed by atoms with Crippen LogP contribution in [0.4, 0.5) is 0 Å². The maximum absolute atomic E-state index is 13.3. The molecule has 0 spiro atoms. The molecule has 0 saturated carbocycles. The maximum atomic E-state index is 13.3. The van der Waals surface area contributed by atoms with Gasteiger partial charge < -0.3 is 14.9 Å². The summed E-state index contributed by atoms with van der Waals surface area (Å²) in [4.78, 5) is 30.9. The fourth-order valence-electron chi connectivity index (χ4n) is 5.58. The van der Waals surface area contributed by atoms with Crippen LogP contribution < -0.4 is 0 Å². The predicted octanol–water partition coefficient (Wildman–Crippen LogP) is 3.18. The van der Waals surface area contributed by atoms with Crippen molar-refractivity contribution in [3.63, 3.8) is 0 Å². The van der Waals surface area contributed by atoms with E-state index in [1.807, 2.05) is 32.2 Å². The van der Waals surface area contributed by atoms with Crippen molar-refractivity contribution in [3.05, 3.63) is 21.7 Å². The average molecular weight is 600 g/mol. The highest BCUT2D eigenvalue weighted by molar-refractivity contribution is 7.87. The number of ketones is 1. The van der Waals surface area contributed by atoms with Crippen molar-refractivity contribution < 1.29 is 33.0 Å². The monoisotopic (exact) mass is 599 g/mol. The van der Waals surface area contributed by atoms with E-state index in [1.165, 1.54) is 34.0 Å². The lowest BCUT2D eigenvalue weighted by molar-refractivity contribution is -0.154. The lowest BCUT2D eigenvalue weighted by Gasteiger charge is -2.34. The molecule has 2 N–H and O–H groups in total. The summed E-state index contributed by atoms with van der Waals surface area (Å²) in [6.07, 6.45) is 0.519. The summed E-state index contributed by atoms with van der Waals surface area (Å²) in [7, 11) is -0.726. The van der Waals surface area contributed by atoms with E-state index in [4.69, 9.17) is 4.74 Å². The number of carbonyl (C=O) groups is 2. The number of aryl methyl sites for hydroxylation is 1. The first kappa shape index (κ1) is 32.8. The lowest BCUT2D eigenvalue weighted by Crippen LogP contribution is -2.45. The molecule has 40 heavy (non-hydrogen) atoms. The number of Topliss-reactive ketones (excluding diaryl/α,β-unsaturated/α-hetero) is 1. The average Bonchev–Trinajstić information content (AvgIpc) is 3.41. The molecule has 0 amide bonds. The summed E-state index contributed by atoms with van der Waals surface area (Å²) in [6, 6.07) is -0.649. The second-order valence-electron chi connectivity index (χ2n) is 12.1. The van der Waals surface area contributed by atoms with Crippen molar-refractivity contribution in [2.45, 2.75) is 104 Å². The van der Waals surface area contributed by atoms with Crippen molar-refractivity contribution in [2.24, 2.45) is 17.3 Å². The van der Waals surface area contributed by atoms with Crippen molar-refractivity contribution in [3.8, 4) is 0 Å². The Morgan fingerprint density at radius 1 is 1.20 bits per heavy atom. The highest BCUT2D eigenvalue weighted by Crippen LogP contribution is 2.42. The van der Waals surface area contributed by atoms with Gasteiger partial charge in [-0.15, -0.1) is 11.3 Å². The van der Waals surface area contributed by atoms with Crippen LogP contribution in [-0.2, 0) is 24.5 Å². The number of hydrogen-bond donors (Lipinski definition) is 2. The number of esters is 1. The Labute approximate surface area is 242 Å². The van der Waals surface area contributed by atoms with Crippen LogP contribution in [0, 0.1) is 24.2 Å². The SMILES string of the molecule is CC(=Cc1csc(C)n1)C1CC2[C@@H](CCC[C@H](C)[C@H](O)[C@@H](C)C(=O)C(C)(C)[C@@H](O)CC(=O)O1)N2S(=O)(=O)N(C)C. The molecular weight excluding hydrogens is 554 g/mol. The third-order valence-electron chi connectivity index (χ3n) is 8.48. The molecule has 0 aromatic carbocycles. The Balaban J connectivity index is 1.97.